The fourth-order valence-corrected chi connectivity index (χ4v) is 2.03. The van der Waals surface area contributed by atoms with Crippen LogP contribution in [0.15, 0.2) is 22.7 Å². The summed E-state index contributed by atoms with van der Waals surface area (Å²) in [5, 5.41) is 2.84. The average Bonchev–Trinajstić information content (AvgIpc) is 2.13. The molecule has 94 valence electrons. The second kappa shape index (κ2) is 5.19. The summed E-state index contributed by atoms with van der Waals surface area (Å²) in [6.07, 6.45) is 0. The fourth-order valence-electron chi connectivity index (χ4n) is 1.42. The quantitative estimate of drug-likeness (QED) is 0.881. The highest BCUT2D eigenvalue weighted by atomic mass is 79.9. The largest absolute Gasteiger partial charge is 0.325 e. The third-order valence-electron chi connectivity index (χ3n) is 2.53. The highest BCUT2D eigenvalue weighted by Gasteiger charge is 2.27. The molecular formula is C13H19BrN2O. The lowest BCUT2D eigenvalue weighted by atomic mass is 9.87. The van der Waals surface area contributed by atoms with E-state index in [1.807, 2.05) is 45.9 Å². The van der Waals surface area contributed by atoms with Crippen molar-refractivity contribution < 1.29 is 4.79 Å². The Morgan fingerprint density at radius 3 is 2.41 bits per heavy atom. The molecule has 0 unspecified atom stereocenters. The Labute approximate surface area is 111 Å². The van der Waals surface area contributed by atoms with Crippen LogP contribution in [0.3, 0.4) is 0 Å². The van der Waals surface area contributed by atoms with Crippen LogP contribution < -0.4 is 11.1 Å². The van der Waals surface area contributed by atoms with Gasteiger partial charge in [0.15, 0.2) is 0 Å². The van der Waals surface area contributed by atoms with E-state index >= 15 is 0 Å². The number of carbonyl (C=O) groups excluding carboxylic acids is 1. The molecule has 0 aliphatic carbocycles. The van der Waals surface area contributed by atoms with Crippen LogP contribution in [0.2, 0.25) is 0 Å². The zero-order chi connectivity index (χ0) is 13.2. The number of rotatable bonds is 2. The van der Waals surface area contributed by atoms with Crippen LogP contribution >= 0.6 is 15.9 Å². The molecule has 0 saturated heterocycles. The highest BCUT2D eigenvalue weighted by molar-refractivity contribution is 9.10. The van der Waals surface area contributed by atoms with Crippen LogP contribution in [-0.2, 0) is 4.79 Å². The standard InChI is InChI=1S/C13H19BrN2O/c1-8-5-9(14)7-10(6-8)16-12(17)11(15)13(2,3)4/h5-7,11H,15H2,1-4H3,(H,16,17)/t11-/m1/s1. The number of anilines is 1. The van der Waals surface area contributed by atoms with Crippen LogP contribution in [0.4, 0.5) is 5.69 Å². The van der Waals surface area contributed by atoms with Gasteiger partial charge in [-0.1, -0.05) is 36.7 Å². The molecule has 17 heavy (non-hydrogen) atoms. The summed E-state index contributed by atoms with van der Waals surface area (Å²) in [6.45, 7) is 7.82. The van der Waals surface area contributed by atoms with E-state index in [-0.39, 0.29) is 11.3 Å². The van der Waals surface area contributed by atoms with Gasteiger partial charge in [0.2, 0.25) is 5.91 Å². The number of benzene rings is 1. The van der Waals surface area contributed by atoms with E-state index < -0.39 is 6.04 Å². The normalized spacial score (nSPS) is 13.3. The maximum absolute atomic E-state index is 11.9. The van der Waals surface area contributed by atoms with Crippen LogP contribution in [0.1, 0.15) is 26.3 Å². The molecule has 1 atom stereocenters. The van der Waals surface area contributed by atoms with Crippen LogP contribution in [0, 0.1) is 12.3 Å². The summed E-state index contributed by atoms with van der Waals surface area (Å²) in [5.74, 6) is -0.157. The van der Waals surface area contributed by atoms with Gasteiger partial charge >= 0.3 is 0 Å². The Morgan fingerprint density at radius 1 is 1.35 bits per heavy atom. The van der Waals surface area contributed by atoms with Gasteiger partial charge in [-0.3, -0.25) is 4.79 Å². The minimum atomic E-state index is -0.526. The van der Waals surface area contributed by atoms with Crippen molar-refractivity contribution in [3.63, 3.8) is 0 Å². The highest BCUT2D eigenvalue weighted by Crippen LogP contribution is 2.22. The molecule has 1 aromatic rings. The topological polar surface area (TPSA) is 55.1 Å². The molecule has 0 saturated carbocycles. The zero-order valence-corrected chi connectivity index (χ0v) is 12.3. The number of carbonyl (C=O) groups is 1. The van der Waals surface area contributed by atoms with Crippen molar-refractivity contribution in [3.8, 4) is 0 Å². The molecule has 1 rings (SSSR count). The summed E-state index contributed by atoms with van der Waals surface area (Å²) in [5.41, 5.74) is 7.50. The number of amides is 1. The van der Waals surface area contributed by atoms with Crippen LogP contribution in [0.5, 0.6) is 0 Å². The van der Waals surface area contributed by atoms with E-state index in [0.717, 1.165) is 15.7 Å². The zero-order valence-electron chi connectivity index (χ0n) is 10.7. The molecule has 0 aliphatic rings. The molecule has 0 aromatic heterocycles. The summed E-state index contributed by atoms with van der Waals surface area (Å²) in [6, 6.07) is 5.24. The number of nitrogens with one attached hydrogen (secondary N) is 1. The van der Waals surface area contributed by atoms with Crippen molar-refractivity contribution in [1.82, 2.24) is 0 Å². The van der Waals surface area contributed by atoms with Gasteiger partial charge in [-0.05, 0) is 36.1 Å². The smallest absolute Gasteiger partial charge is 0.241 e. The third-order valence-corrected chi connectivity index (χ3v) is 2.98. The SMILES string of the molecule is Cc1cc(Br)cc(NC(=O)[C@@H](N)C(C)(C)C)c1. The first-order chi connectivity index (χ1) is 7.70. The summed E-state index contributed by atoms with van der Waals surface area (Å²) in [4.78, 5) is 11.9. The maximum atomic E-state index is 11.9. The number of halogens is 1. The van der Waals surface area contributed by atoms with Crippen molar-refractivity contribution in [3.05, 3.63) is 28.2 Å². The van der Waals surface area contributed by atoms with Crippen LogP contribution in [-0.4, -0.2) is 11.9 Å². The van der Waals surface area contributed by atoms with Crippen molar-refractivity contribution in [1.29, 1.82) is 0 Å². The molecule has 0 radical (unpaired) electrons. The predicted molar refractivity (Wildman–Crippen MR) is 74.9 cm³/mol. The molecule has 0 heterocycles. The maximum Gasteiger partial charge on any atom is 0.241 e. The third kappa shape index (κ3) is 4.13. The molecule has 1 amide bonds. The van der Waals surface area contributed by atoms with E-state index in [2.05, 4.69) is 21.2 Å². The minimum absolute atomic E-state index is 0.157. The number of hydrogen-bond donors (Lipinski definition) is 2. The van der Waals surface area contributed by atoms with E-state index in [9.17, 15) is 4.79 Å². The predicted octanol–water partition coefficient (Wildman–Crippen LogP) is 3.07. The second-order valence-electron chi connectivity index (χ2n) is 5.35. The molecule has 0 bridgehead atoms. The molecule has 0 fully saturated rings. The minimum Gasteiger partial charge on any atom is -0.325 e. The fraction of sp³-hybridized carbons (Fsp3) is 0.462. The van der Waals surface area contributed by atoms with Gasteiger partial charge < -0.3 is 11.1 Å². The summed E-state index contributed by atoms with van der Waals surface area (Å²) in [7, 11) is 0. The Balaban J connectivity index is 2.81. The first-order valence-electron chi connectivity index (χ1n) is 5.54. The number of hydrogen-bond acceptors (Lipinski definition) is 2. The molecule has 0 aliphatic heterocycles. The van der Waals surface area contributed by atoms with E-state index in [1.165, 1.54) is 0 Å². The van der Waals surface area contributed by atoms with Crippen molar-refractivity contribution in [2.24, 2.45) is 11.1 Å². The molecular weight excluding hydrogens is 280 g/mol. The molecule has 3 nitrogen and oxygen atoms in total. The Kier molecular flexibility index (Phi) is 4.33. The van der Waals surface area contributed by atoms with Gasteiger partial charge in [0.05, 0.1) is 6.04 Å². The lowest BCUT2D eigenvalue weighted by molar-refractivity contribution is -0.119. The van der Waals surface area contributed by atoms with Gasteiger partial charge in [0.1, 0.15) is 0 Å². The van der Waals surface area contributed by atoms with Crippen molar-refractivity contribution in [2.75, 3.05) is 5.32 Å². The van der Waals surface area contributed by atoms with Gasteiger partial charge in [-0.2, -0.15) is 0 Å². The molecule has 1 aromatic carbocycles. The van der Waals surface area contributed by atoms with E-state index in [1.54, 1.807) is 0 Å². The van der Waals surface area contributed by atoms with Crippen molar-refractivity contribution in [2.45, 2.75) is 33.7 Å². The van der Waals surface area contributed by atoms with Crippen LogP contribution in [0.25, 0.3) is 0 Å². The van der Waals surface area contributed by atoms with Gasteiger partial charge in [-0.25, -0.2) is 0 Å². The number of nitrogens with two attached hydrogens (primary N) is 1. The first-order valence-corrected chi connectivity index (χ1v) is 6.33. The monoisotopic (exact) mass is 298 g/mol. The first kappa shape index (κ1) is 14.2. The lowest BCUT2D eigenvalue weighted by Crippen LogP contribution is -2.45. The Hall–Kier alpha value is -0.870. The molecule has 4 heteroatoms. The van der Waals surface area contributed by atoms with Gasteiger partial charge in [0, 0.05) is 10.2 Å². The van der Waals surface area contributed by atoms with Crippen molar-refractivity contribution >= 4 is 27.5 Å². The van der Waals surface area contributed by atoms with Gasteiger partial charge in [-0.15, -0.1) is 0 Å². The Morgan fingerprint density at radius 2 is 1.94 bits per heavy atom. The summed E-state index contributed by atoms with van der Waals surface area (Å²) < 4.78 is 0.942. The second-order valence-corrected chi connectivity index (χ2v) is 6.27. The lowest BCUT2D eigenvalue weighted by Gasteiger charge is -2.25. The molecule has 0 spiro atoms. The molecule has 3 N–H and O–H groups in total. The van der Waals surface area contributed by atoms with E-state index in [4.69, 9.17) is 5.73 Å². The summed E-state index contributed by atoms with van der Waals surface area (Å²) >= 11 is 3.40. The Bertz CT molecular complexity index is 404. The average molecular weight is 299 g/mol. The van der Waals surface area contributed by atoms with Gasteiger partial charge in [0.25, 0.3) is 0 Å². The van der Waals surface area contributed by atoms with E-state index in [0.29, 0.717) is 0 Å². The number of aryl methyl sites for hydroxylation is 1.